The summed E-state index contributed by atoms with van der Waals surface area (Å²) in [7, 11) is 0. The van der Waals surface area contributed by atoms with E-state index in [2.05, 4.69) is 20.9 Å². The molecule has 1 heterocycles. The molecule has 0 spiro atoms. The van der Waals surface area contributed by atoms with Gasteiger partial charge >= 0.3 is 12.1 Å². The monoisotopic (exact) mass is 419 g/mol. The quantitative estimate of drug-likeness (QED) is 0.615. The fourth-order valence-corrected chi connectivity index (χ4v) is 3.04. The number of alkyl halides is 3. The third kappa shape index (κ3) is 4.07. The molecule has 1 aromatic carbocycles. The minimum absolute atomic E-state index is 0.261. The first-order valence-electron chi connectivity index (χ1n) is 7.87. The van der Waals surface area contributed by atoms with Crippen LogP contribution in [0, 0.1) is 12.3 Å². The molecule has 7 heteroatoms. The van der Waals surface area contributed by atoms with Gasteiger partial charge in [0.25, 0.3) is 0 Å². The molecule has 25 heavy (non-hydrogen) atoms. The van der Waals surface area contributed by atoms with E-state index in [1.165, 1.54) is 0 Å². The summed E-state index contributed by atoms with van der Waals surface area (Å²) in [5.74, 6) is -0.950. The zero-order valence-electron chi connectivity index (χ0n) is 14.8. The Labute approximate surface area is 153 Å². The highest BCUT2D eigenvalue weighted by Gasteiger charge is 2.62. The van der Waals surface area contributed by atoms with Gasteiger partial charge in [0, 0.05) is 16.6 Å². The number of carbonyl (C=O) groups excluding carboxylic acids is 1. The molecule has 0 fully saturated rings. The Bertz CT molecular complexity index is 722. The van der Waals surface area contributed by atoms with Crippen LogP contribution >= 0.6 is 15.9 Å². The van der Waals surface area contributed by atoms with E-state index in [0.717, 1.165) is 17.0 Å². The largest absolute Gasteiger partial charge is 0.458 e. The van der Waals surface area contributed by atoms with E-state index in [0.29, 0.717) is 5.56 Å². The maximum Gasteiger partial charge on any atom is 0.397 e. The second-order valence-electron chi connectivity index (χ2n) is 7.57. The molecule has 0 aromatic heterocycles. The molecule has 0 saturated carbocycles. The normalized spacial score (nSPS) is 24.2. The number of benzene rings is 1. The Morgan fingerprint density at radius 3 is 2.40 bits per heavy atom. The Morgan fingerprint density at radius 2 is 1.92 bits per heavy atom. The van der Waals surface area contributed by atoms with Crippen LogP contribution in [0.1, 0.15) is 45.2 Å². The van der Waals surface area contributed by atoms with Gasteiger partial charge in [0.05, 0.1) is 0 Å². The predicted octanol–water partition coefficient (Wildman–Crippen LogP) is 5.23. The van der Waals surface area contributed by atoms with Gasteiger partial charge in [-0.3, -0.25) is 4.99 Å². The highest BCUT2D eigenvalue weighted by atomic mass is 79.9. The van der Waals surface area contributed by atoms with Crippen molar-refractivity contribution in [2.45, 2.75) is 58.9 Å². The molecule has 1 unspecified atom stereocenters. The van der Waals surface area contributed by atoms with Gasteiger partial charge in [0.15, 0.2) is 6.04 Å². The van der Waals surface area contributed by atoms with Gasteiger partial charge in [0.1, 0.15) is 11.0 Å². The highest BCUT2D eigenvalue weighted by Crippen LogP contribution is 2.49. The summed E-state index contributed by atoms with van der Waals surface area (Å²) in [6, 6.07) is 3.63. The van der Waals surface area contributed by atoms with Crippen molar-refractivity contribution in [3.8, 4) is 0 Å². The molecule has 0 saturated heterocycles. The van der Waals surface area contributed by atoms with Crippen LogP contribution < -0.4 is 0 Å². The lowest BCUT2D eigenvalue weighted by Crippen LogP contribution is -2.47. The number of hydrogen-bond acceptors (Lipinski definition) is 3. The van der Waals surface area contributed by atoms with Gasteiger partial charge in [-0.25, -0.2) is 4.79 Å². The predicted molar refractivity (Wildman–Crippen MR) is 93.8 cm³/mol. The van der Waals surface area contributed by atoms with E-state index in [9.17, 15) is 18.0 Å². The number of carbonyl (C=O) groups is 1. The number of nitrogens with zero attached hydrogens (tertiary/aromatic N) is 1. The summed E-state index contributed by atoms with van der Waals surface area (Å²) < 4.78 is 47.2. The minimum atomic E-state index is -4.58. The zero-order valence-corrected chi connectivity index (χ0v) is 16.4. The second-order valence-corrected chi connectivity index (χ2v) is 8.42. The molecule has 2 rings (SSSR count). The molecule has 0 bridgehead atoms. The van der Waals surface area contributed by atoms with E-state index in [1.54, 1.807) is 39.0 Å². The molecule has 138 valence electrons. The molecule has 0 amide bonds. The van der Waals surface area contributed by atoms with E-state index in [1.807, 2.05) is 6.92 Å². The van der Waals surface area contributed by atoms with Crippen molar-refractivity contribution in [1.82, 2.24) is 0 Å². The van der Waals surface area contributed by atoms with Gasteiger partial charge in [-0.15, -0.1) is 0 Å². The van der Waals surface area contributed by atoms with Crippen molar-refractivity contribution in [3.05, 3.63) is 33.8 Å². The van der Waals surface area contributed by atoms with Gasteiger partial charge in [-0.2, -0.15) is 13.2 Å². The Hall–Kier alpha value is -1.37. The fraction of sp³-hybridized carbons (Fsp3) is 0.556. The van der Waals surface area contributed by atoms with Crippen molar-refractivity contribution in [2.24, 2.45) is 10.4 Å². The number of aliphatic imine (C=N–C) groups is 1. The van der Waals surface area contributed by atoms with Crippen LogP contribution in [-0.4, -0.2) is 29.5 Å². The first kappa shape index (κ1) is 19.9. The van der Waals surface area contributed by atoms with Crippen molar-refractivity contribution in [3.63, 3.8) is 0 Å². The van der Waals surface area contributed by atoms with Gasteiger partial charge in [-0.05, 0) is 51.8 Å². The third-order valence-electron chi connectivity index (χ3n) is 4.21. The molecule has 1 aliphatic rings. The maximum absolute atomic E-state index is 13.7. The standard InChI is InChI=1S/C18H21BrF3NO2/c1-10-6-7-11(8-12(10)19)13-9-17(5,18(20,21)22)14(23-13)15(24)25-16(2,3)4/h6-8,14H,9H2,1-5H3/t14?,17-/m0/s1. The van der Waals surface area contributed by atoms with E-state index in [4.69, 9.17) is 4.74 Å². The number of ether oxygens (including phenoxy) is 1. The van der Waals surface area contributed by atoms with Crippen LogP contribution in [0.15, 0.2) is 27.7 Å². The molecule has 1 aromatic rings. The van der Waals surface area contributed by atoms with Crippen LogP contribution in [0.3, 0.4) is 0 Å². The fourth-order valence-electron chi connectivity index (χ4n) is 2.66. The van der Waals surface area contributed by atoms with Crippen molar-refractivity contribution < 1.29 is 22.7 Å². The number of rotatable bonds is 2. The van der Waals surface area contributed by atoms with E-state index >= 15 is 0 Å². The van der Waals surface area contributed by atoms with Crippen LogP contribution in [0.5, 0.6) is 0 Å². The summed E-state index contributed by atoms with van der Waals surface area (Å²) in [6.07, 6.45) is -4.95. The number of halogens is 4. The van der Waals surface area contributed by atoms with Crippen molar-refractivity contribution >= 4 is 27.6 Å². The van der Waals surface area contributed by atoms with Crippen LogP contribution in [0.4, 0.5) is 13.2 Å². The molecule has 2 atom stereocenters. The minimum Gasteiger partial charge on any atom is -0.458 e. The SMILES string of the molecule is Cc1ccc(C2=NC(C(=O)OC(C)(C)C)[C@@](C)(C(F)(F)F)C2)cc1Br. The average molecular weight is 420 g/mol. The molecule has 0 N–H and O–H groups in total. The summed E-state index contributed by atoms with van der Waals surface area (Å²) in [4.78, 5) is 16.5. The number of aryl methyl sites for hydroxylation is 1. The molecular weight excluding hydrogens is 399 g/mol. The highest BCUT2D eigenvalue weighted by molar-refractivity contribution is 9.10. The van der Waals surface area contributed by atoms with Crippen LogP contribution in [0.25, 0.3) is 0 Å². The van der Waals surface area contributed by atoms with Crippen LogP contribution in [0.2, 0.25) is 0 Å². The zero-order chi connectivity index (χ0) is 19.2. The smallest absolute Gasteiger partial charge is 0.397 e. The van der Waals surface area contributed by atoms with Crippen molar-refractivity contribution in [2.75, 3.05) is 0 Å². The molecule has 0 aliphatic carbocycles. The average Bonchev–Trinajstić information content (AvgIpc) is 2.79. The lowest BCUT2D eigenvalue weighted by Gasteiger charge is -2.32. The molecule has 3 nitrogen and oxygen atoms in total. The van der Waals surface area contributed by atoms with Gasteiger partial charge in [-0.1, -0.05) is 28.1 Å². The summed E-state index contributed by atoms with van der Waals surface area (Å²) in [5, 5.41) is 0. The van der Waals surface area contributed by atoms with Crippen LogP contribution in [-0.2, 0) is 9.53 Å². The Morgan fingerprint density at radius 1 is 1.32 bits per heavy atom. The van der Waals surface area contributed by atoms with E-state index < -0.39 is 29.2 Å². The van der Waals surface area contributed by atoms with Crippen molar-refractivity contribution in [1.29, 1.82) is 0 Å². The lowest BCUT2D eigenvalue weighted by atomic mass is 9.79. The van der Waals surface area contributed by atoms with E-state index in [-0.39, 0.29) is 12.1 Å². The summed E-state index contributed by atoms with van der Waals surface area (Å²) in [6.45, 7) is 7.76. The summed E-state index contributed by atoms with van der Waals surface area (Å²) >= 11 is 3.38. The maximum atomic E-state index is 13.7. The third-order valence-corrected chi connectivity index (χ3v) is 5.06. The van der Waals surface area contributed by atoms with Gasteiger partial charge < -0.3 is 4.74 Å². The Balaban J connectivity index is 2.45. The summed E-state index contributed by atoms with van der Waals surface area (Å²) in [5.41, 5.74) is -1.38. The molecular formula is C18H21BrF3NO2. The second kappa shape index (κ2) is 6.41. The first-order chi connectivity index (χ1) is 11.2. The lowest BCUT2D eigenvalue weighted by molar-refractivity contribution is -0.225. The Kier molecular flexibility index (Phi) is 5.12. The van der Waals surface area contributed by atoms with Gasteiger partial charge in [0.2, 0.25) is 0 Å². The first-order valence-corrected chi connectivity index (χ1v) is 8.67. The molecule has 0 radical (unpaired) electrons. The topological polar surface area (TPSA) is 38.7 Å². The number of esters is 1. The number of hydrogen-bond donors (Lipinski definition) is 0. The molecule has 1 aliphatic heterocycles.